The van der Waals surface area contributed by atoms with Crippen molar-refractivity contribution in [2.24, 2.45) is 0 Å². The first-order valence-corrected chi connectivity index (χ1v) is 9.51. The molecule has 2 aromatic carbocycles. The van der Waals surface area contributed by atoms with Crippen LogP contribution in [0.3, 0.4) is 0 Å². The molecule has 0 spiro atoms. The van der Waals surface area contributed by atoms with Crippen molar-refractivity contribution in [3.8, 4) is 0 Å². The number of anilines is 1. The van der Waals surface area contributed by atoms with Gasteiger partial charge in [-0.05, 0) is 55.0 Å². The van der Waals surface area contributed by atoms with Crippen molar-refractivity contribution in [1.82, 2.24) is 4.90 Å². The summed E-state index contributed by atoms with van der Waals surface area (Å²) in [5.41, 5.74) is 3.75. The van der Waals surface area contributed by atoms with Gasteiger partial charge in [0.05, 0.1) is 6.04 Å². The molecule has 0 bridgehead atoms. The van der Waals surface area contributed by atoms with Crippen LogP contribution in [0.2, 0.25) is 0 Å². The molecule has 0 radical (unpaired) electrons. The Morgan fingerprint density at radius 1 is 1.11 bits per heavy atom. The molecule has 4 rings (SSSR count). The van der Waals surface area contributed by atoms with Crippen LogP contribution >= 0.6 is 0 Å². The SMILES string of the molecule is CN(C(=O)c1cccc(NC(=O)[C@@H]2CCCO2)c1)[C@H]1CCc2ccccc21. The van der Waals surface area contributed by atoms with Crippen LogP contribution in [0, 0.1) is 0 Å². The molecular formula is C22H24N2O3. The van der Waals surface area contributed by atoms with E-state index in [0.29, 0.717) is 17.9 Å². The summed E-state index contributed by atoms with van der Waals surface area (Å²) >= 11 is 0. The number of carbonyl (C=O) groups is 2. The Hall–Kier alpha value is -2.66. The molecule has 1 N–H and O–H groups in total. The van der Waals surface area contributed by atoms with E-state index >= 15 is 0 Å². The largest absolute Gasteiger partial charge is 0.368 e. The number of hydrogen-bond donors (Lipinski definition) is 1. The van der Waals surface area contributed by atoms with Crippen LogP contribution in [0.25, 0.3) is 0 Å². The topological polar surface area (TPSA) is 58.6 Å². The quantitative estimate of drug-likeness (QED) is 0.902. The Labute approximate surface area is 159 Å². The van der Waals surface area contributed by atoms with Gasteiger partial charge < -0.3 is 15.0 Å². The maximum atomic E-state index is 13.0. The van der Waals surface area contributed by atoms with Crippen LogP contribution in [0.5, 0.6) is 0 Å². The fourth-order valence-electron chi connectivity index (χ4n) is 4.02. The van der Waals surface area contributed by atoms with Crippen LogP contribution in [-0.2, 0) is 16.0 Å². The fourth-order valence-corrected chi connectivity index (χ4v) is 4.02. The van der Waals surface area contributed by atoms with Crippen molar-refractivity contribution in [2.75, 3.05) is 19.0 Å². The van der Waals surface area contributed by atoms with Crippen molar-refractivity contribution >= 4 is 17.5 Å². The summed E-state index contributed by atoms with van der Waals surface area (Å²) in [7, 11) is 1.85. The standard InChI is InChI=1S/C22H24N2O3/c1-24(19-12-11-15-6-2-3-9-18(15)19)22(26)16-7-4-8-17(14-16)23-21(25)20-10-5-13-27-20/h2-4,6-9,14,19-20H,5,10-13H2,1H3,(H,23,25)/t19-,20-/m0/s1. The van der Waals surface area contributed by atoms with Crippen LogP contribution < -0.4 is 5.32 Å². The highest BCUT2D eigenvalue weighted by atomic mass is 16.5. The first kappa shape index (κ1) is 17.7. The number of carbonyl (C=O) groups excluding carboxylic acids is 2. The molecule has 1 heterocycles. The van der Waals surface area contributed by atoms with Gasteiger partial charge in [0.1, 0.15) is 6.10 Å². The van der Waals surface area contributed by atoms with Crippen molar-refractivity contribution in [3.63, 3.8) is 0 Å². The highest BCUT2D eigenvalue weighted by Crippen LogP contribution is 2.35. The van der Waals surface area contributed by atoms with Gasteiger partial charge in [-0.15, -0.1) is 0 Å². The average molecular weight is 364 g/mol. The summed E-state index contributed by atoms with van der Waals surface area (Å²) in [5.74, 6) is -0.180. The molecule has 0 saturated carbocycles. The van der Waals surface area contributed by atoms with E-state index < -0.39 is 0 Å². The van der Waals surface area contributed by atoms with Crippen LogP contribution in [0.4, 0.5) is 5.69 Å². The third-order valence-corrected chi connectivity index (χ3v) is 5.49. The van der Waals surface area contributed by atoms with E-state index in [1.165, 1.54) is 11.1 Å². The Balaban J connectivity index is 1.48. The van der Waals surface area contributed by atoms with Gasteiger partial charge in [0.25, 0.3) is 11.8 Å². The summed E-state index contributed by atoms with van der Waals surface area (Å²) in [6.07, 6.45) is 3.20. The van der Waals surface area contributed by atoms with Gasteiger partial charge in [-0.3, -0.25) is 9.59 Å². The van der Waals surface area contributed by atoms with Crippen LogP contribution in [0.15, 0.2) is 48.5 Å². The molecule has 27 heavy (non-hydrogen) atoms. The average Bonchev–Trinajstić information content (AvgIpc) is 3.37. The van der Waals surface area contributed by atoms with Crippen molar-refractivity contribution in [3.05, 3.63) is 65.2 Å². The van der Waals surface area contributed by atoms with E-state index in [0.717, 1.165) is 25.7 Å². The minimum atomic E-state index is -0.387. The molecule has 140 valence electrons. The monoisotopic (exact) mass is 364 g/mol. The van der Waals surface area contributed by atoms with Crippen LogP contribution in [-0.4, -0.2) is 36.5 Å². The molecule has 5 heteroatoms. The zero-order valence-electron chi connectivity index (χ0n) is 15.5. The number of amides is 2. The fraction of sp³-hybridized carbons (Fsp3) is 0.364. The van der Waals surface area contributed by atoms with E-state index in [1.54, 1.807) is 24.3 Å². The molecule has 1 aliphatic heterocycles. The minimum Gasteiger partial charge on any atom is -0.368 e. The number of benzene rings is 2. The van der Waals surface area contributed by atoms with E-state index in [1.807, 2.05) is 24.1 Å². The van der Waals surface area contributed by atoms with Gasteiger partial charge in [-0.1, -0.05) is 30.3 Å². The molecule has 1 saturated heterocycles. The number of ether oxygens (including phenoxy) is 1. The molecular weight excluding hydrogens is 340 g/mol. The summed E-state index contributed by atoms with van der Waals surface area (Å²) in [6, 6.07) is 15.5. The first-order chi connectivity index (χ1) is 13.1. The predicted octanol–water partition coefficient (Wildman–Crippen LogP) is 3.56. The Morgan fingerprint density at radius 2 is 1.96 bits per heavy atom. The molecule has 5 nitrogen and oxygen atoms in total. The van der Waals surface area contributed by atoms with Crippen LogP contribution in [0.1, 0.15) is 46.8 Å². The maximum absolute atomic E-state index is 13.0. The zero-order valence-corrected chi connectivity index (χ0v) is 15.5. The third-order valence-electron chi connectivity index (χ3n) is 5.49. The predicted molar refractivity (Wildman–Crippen MR) is 104 cm³/mol. The summed E-state index contributed by atoms with van der Waals surface area (Å²) in [6.45, 7) is 0.629. The molecule has 2 amide bonds. The molecule has 1 aliphatic carbocycles. The lowest BCUT2D eigenvalue weighted by molar-refractivity contribution is -0.124. The maximum Gasteiger partial charge on any atom is 0.254 e. The normalized spacial score (nSPS) is 20.9. The van der Waals surface area contributed by atoms with Gasteiger partial charge in [-0.2, -0.15) is 0 Å². The number of hydrogen-bond acceptors (Lipinski definition) is 3. The first-order valence-electron chi connectivity index (χ1n) is 9.51. The highest BCUT2D eigenvalue weighted by Gasteiger charge is 2.29. The van der Waals surface area contributed by atoms with Crippen molar-refractivity contribution in [2.45, 2.75) is 37.8 Å². The summed E-state index contributed by atoms with van der Waals surface area (Å²) < 4.78 is 5.42. The van der Waals surface area contributed by atoms with Crippen molar-refractivity contribution < 1.29 is 14.3 Å². The number of rotatable bonds is 4. The summed E-state index contributed by atoms with van der Waals surface area (Å²) in [4.78, 5) is 27.1. The lowest BCUT2D eigenvalue weighted by Crippen LogP contribution is -2.30. The number of fused-ring (bicyclic) bond motifs is 1. The highest BCUT2D eigenvalue weighted by molar-refractivity contribution is 5.98. The number of nitrogens with zero attached hydrogens (tertiary/aromatic N) is 1. The Morgan fingerprint density at radius 3 is 2.78 bits per heavy atom. The second-order valence-electron chi connectivity index (χ2n) is 7.24. The minimum absolute atomic E-state index is 0.0371. The molecule has 0 unspecified atom stereocenters. The van der Waals surface area contributed by atoms with Gasteiger partial charge >= 0.3 is 0 Å². The molecule has 0 aromatic heterocycles. The third kappa shape index (κ3) is 3.60. The lowest BCUT2D eigenvalue weighted by atomic mass is 10.1. The number of aryl methyl sites for hydroxylation is 1. The molecule has 1 fully saturated rings. The van der Waals surface area contributed by atoms with E-state index in [-0.39, 0.29) is 24.0 Å². The second-order valence-corrected chi connectivity index (χ2v) is 7.24. The molecule has 2 aliphatic rings. The van der Waals surface area contributed by atoms with Gasteiger partial charge in [0.15, 0.2) is 0 Å². The van der Waals surface area contributed by atoms with E-state index in [2.05, 4.69) is 17.4 Å². The zero-order chi connectivity index (χ0) is 18.8. The lowest BCUT2D eigenvalue weighted by Gasteiger charge is -2.26. The Bertz CT molecular complexity index is 858. The van der Waals surface area contributed by atoms with Gasteiger partial charge in [-0.25, -0.2) is 0 Å². The molecule has 2 aromatic rings. The van der Waals surface area contributed by atoms with E-state index in [4.69, 9.17) is 4.74 Å². The van der Waals surface area contributed by atoms with E-state index in [9.17, 15) is 9.59 Å². The smallest absolute Gasteiger partial charge is 0.254 e. The second kappa shape index (κ2) is 7.53. The van der Waals surface area contributed by atoms with Gasteiger partial charge in [0, 0.05) is 24.9 Å². The number of nitrogens with one attached hydrogen (secondary N) is 1. The van der Waals surface area contributed by atoms with Gasteiger partial charge in [0.2, 0.25) is 0 Å². The Kier molecular flexibility index (Phi) is 4.94. The van der Waals surface area contributed by atoms with Crippen molar-refractivity contribution in [1.29, 1.82) is 0 Å². The summed E-state index contributed by atoms with van der Waals surface area (Å²) in [5, 5.41) is 2.87. The molecule has 2 atom stereocenters.